The summed E-state index contributed by atoms with van der Waals surface area (Å²) in [5.74, 6) is 0.835. The minimum atomic E-state index is -2.90. The van der Waals surface area contributed by atoms with E-state index < -0.39 is 95.7 Å². The number of carbonyl (C=O) groups excluding carboxylic acids is 2. The Hall–Kier alpha value is -13.9. The molecule has 42 nitrogen and oxygen atoms in total. The van der Waals surface area contributed by atoms with Crippen molar-refractivity contribution in [2.75, 3.05) is 51.8 Å². The normalized spacial score (nSPS) is 22.2. The van der Waals surface area contributed by atoms with E-state index >= 15 is 0 Å². The zero-order chi connectivity index (χ0) is 106. The van der Waals surface area contributed by atoms with Gasteiger partial charge in [-0.2, -0.15) is 9.97 Å². The number of esters is 1. The third-order valence-corrected chi connectivity index (χ3v) is 37.3. The van der Waals surface area contributed by atoms with E-state index in [0.29, 0.717) is 83.0 Å². The fourth-order valence-electron chi connectivity index (χ4n) is 20.7. The average molecular weight is 2060 g/mol. The van der Waals surface area contributed by atoms with Crippen LogP contribution in [0, 0.1) is 32.6 Å². The molecule has 0 bridgehead atoms. The van der Waals surface area contributed by atoms with Gasteiger partial charge in [-0.15, -0.1) is 0 Å². The van der Waals surface area contributed by atoms with Crippen molar-refractivity contribution in [3.63, 3.8) is 0 Å². The van der Waals surface area contributed by atoms with E-state index in [9.17, 15) is 29.5 Å². The van der Waals surface area contributed by atoms with E-state index in [4.69, 9.17) is 67.5 Å². The van der Waals surface area contributed by atoms with Crippen LogP contribution in [-0.2, 0) is 56.3 Å². The maximum atomic E-state index is 13.6. The summed E-state index contributed by atoms with van der Waals surface area (Å²) in [7, 11) is -0.745. The molecule has 12 heterocycles. The summed E-state index contributed by atoms with van der Waals surface area (Å²) in [6.45, 7) is 37.6. The number of H-pyrrole nitrogens is 3. The van der Waals surface area contributed by atoms with Crippen LogP contribution in [0.3, 0.4) is 0 Å². The number of methoxy groups -OCH3 is 3. The minimum Gasteiger partial charge on any atom is -0.457 e. The zero-order valence-electron chi connectivity index (χ0n) is 86.8. The van der Waals surface area contributed by atoms with Crippen LogP contribution in [0.1, 0.15) is 153 Å². The molecule has 4 saturated heterocycles. The van der Waals surface area contributed by atoms with Crippen molar-refractivity contribution in [2.24, 2.45) is 22.1 Å². The van der Waals surface area contributed by atoms with E-state index in [2.05, 4.69) is 248 Å². The Kier molecular flexibility index (Phi) is 34.1. The van der Waals surface area contributed by atoms with E-state index in [1.165, 1.54) is 42.0 Å². The Balaban J connectivity index is 0.000000149. The van der Waals surface area contributed by atoms with Crippen LogP contribution in [0.15, 0.2) is 232 Å². The number of azide groups is 2. The highest BCUT2D eigenvalue weighted by molar-refractivity contribution is 7.00. The Labute approximate surface area is 857 Å². The number of nitrogen functional groups attached to an aromatic ring is 1. The van der Waals surface area contributed by atoms with Crippen molar-refractivity contribution in [1.82, 2.24) is 83.0 Å². The van der Waals surface area contributed by atoms with Gasteiger partial charge in [0.05, 0.1) is 87.0 Å². The number of nitrogens with zero attached hydrogens (tertiary/aromatic N) is 21. The van der Waals surface area contributed by atoms with Gasteiger partial charge in [0.25, 0.3) is 39.2 Å². The number of aromatic nitrogens is 16. The highest BCUT2D eigenvalue weighted by atomic mass is 28.4. The number of para-hydroxylation sites is 2. The second-order valence-electron chi connectivity index (χ2n) is 39.5. The molecule has 148 heavy (non-hydrogen) atoms. The number of hydrogen-bond donors (Lipinski definition) is 4. The third kappa shape index (κ3) is 22.3. The van der Waals surface area contributed by atoms with Crippen molar-refractivity contribution in [2.45, 2.75) is 245 Å². The van der Waals surface area contributed by atoms with Gasteiger partial charge >= 0.3 is 12.1 Å². The Morgan fingerprint density at radius 2 is 0.818 bits per heavy atom. The van der Waals surface area contributed by atoms with Gasteiger partial charge in [0, 0.05) is 62.0 Å². The van der Waals surface area contributed by atoms with Gasteiger partial charge in [-0.3, -0.25) is 47.3 Å². The standard InChI is InChI=1S/C29H36N4O4Si.C27H26N8O5.C27H32N8O4Si.C21H35N5O4/c1-19-23(37-28(25(19)35-6)33-18-30-24-26(33)31-20(2)32-27(24)34)17-36-38(29(3,4)5,21-13-9-7-10-14-21)22-15-11-8-12-16-22;1-4-20-21(32-33-28)23(38-17(3)36)26(39-20)34-15-29-22-24(34)30-16(2)31-25(22)40-27(37)35(18-11-7-5-8-12-18)19-13-9-6-10-14-19;1-27(2,3)40(17-11-7-5-8-12-17,18-13-9-6-10-14-18)38-15-19-20(33-34-29)22(37-4)25(39-19)35-16-30-21-23(35)31-26(28)32-24(21)36;1-11(2)26(12(3)4)15(7)29-9-16-13(5)18(28-8)21(30-16)25-10-22-17-19(25)23-14(6)24-20(17)27/h7-16,18-19,23,25,28H,17H2,1-6H3,(H,31,32,34);5-15,20-21,23,26H,4H2,1-3H3;5-14,16,19-20,22,25H,15H2,1-4H3,(H3,28,31,32,36);10-13,15-16,18,21H,9H2,1-8H3,(H,23,24,27)/t19-,23+,25?,28+;20-,21+,23?,26-;19-,20+,22?,25-;13-,15?,16+,18?,21+/m0110/s1. The van der Waals surface area contributed by atoms with E-state index in [1.54, 1.807) is 85.6 Å². The summed E-state index contributed by atoms with van der Waals surface area (Å²) in [6.07, 6.45) is -0.381. The molecule has 0 saturated carbocycles. The molecule has 1 amide bonds. The molecule has 780 valence electrons. The molecule has 44 heteroatoms. The van der Waals surface area contributed by atoms with Crippen molar-refractivity contribution >= 4 is 111 Å². The maximum Gasteiger partial charge on any atom is 0.425 e. The topological polar surface area (TPSA) is 509 Å². The minimum absolute atomic E-state index is 0.0298. The van der Waals surface area contributed by atoms with Gasteiger partial charge in [-0.25, -0.2) is 44.6 Å². The number of fused-ring (bicyclic) bond motifs is 4. The molecule has 4 aliphatic rings. The first-order valence-electron chi connectivity index (χ1n) is 49.2. The monoisotopic (exact) mass is 2060 g/mol. The number of aryl methyl sites for hydroxylation is 3. The number of nitrogens with one attached hydrogen (secondary N) is 3. The largest absolute Gasteiger partial charge is 0.457 e. The first-order chi connectivity index (χ1) is 70.9. The van der Waals surface area contributed by atoms with Gasteiger partial charge in [-0.05, 0) is 128 Å². The maximum absolute atomic E-state index is 13.6. The smallest absolute Gasteiger partial charge is 0.425 e. The molecule has 8 aromatic heterocycles. The van der Waals surface area contributed by atoms with Gasteiger partial charge in [-0.1, -0.05) is 230 Å². The Morgan fingerprint density at radius 1 is 0.473 bits per heavy atom. The first-order valence-corrected chi connectivity index (χ1v) is 53.0. The van der Waals surface area contributed by atoms with Gasteiger partial charge in [0.15, 0.2) is 75.7 Å². The summed E-state index contributed by atoms with van der Waals surface area (Å²) in [4.78, 5) is 119. The van der Waals surface area contributed by atoms with E-state index in [0.717, 1.165) is 10.4 Å². The van der Waals surface area contributed by atoms with Crippen LogP contribution in [0.4, 0.5) is 22.1 Å². The fourth-order valence-corrected chi connectivity index (χ4v) is 29.8. The number of benzene rings is 6. The lowest BCUT2D eigenvalue weighted by Gasteiger charge is -2.43. The Bertz CT molecular complexity index is 7060. The number of rotatable bonds is 30. The number of amides is 1. The second-order valence-corrected chi connectivity index (χ2v) is 48.1. The molecular formula is C104H129N25O17Si2. The van der Waals surface area contributed by atoms with Crippen LogP contribution in [0.5, 0.6) is 5.88 Å². The predicted molar refractivity (Wildman–Crippen MR) is 562 cm³/mol. The van der Waals surface area contributed by atoms with Gasteiger partial charge < -0.3 is 71.9 Å². The van der Waals surface area contributed by atoms with Gasteiger partial charge in [0.2, 0.25) is 5.95 Å². The number of aromatic amines is 3. The van der Waals surface area contributed by atoms with Crippen molar-refractivity contribution in [1.29, 1.82) is 0 Å². The van der Waals surface area contributed by atoms with E-state index in [1.807, 2.05) is 96.4 Å². The third-order valence-electron chi connectivity index (χ3n) is 27.3. The van der Waals surface area contributed by atoms with Crippen molar-refractivity contribution in [3.05, 3.63) is 277 Å². The van der Waals surface area contributed by atoms with Gasteiger partial charge in [0.1, 0.15) is 48.1 Å². The predicted octanol–water partition coefficient (Wildman–Crippen LogP) is 14.3. The molecule has 4 fully saturated rings. The molecule has 5 N–H and O–H groups in total. The number of imidazole rings is 4. The number of carbonyl (C=O) groups is 2. The van der Waals surface area contributed by atoms with Crippen LogP contribution >= 0.6 is 0 Å². The highest BCUT2D eigenvalue weighted by Gasteiger charge is 2.56. The molecule has 14 aromatic rings. The summed E-state index contributed by atoms with van der Waals surface area (Å²) >= 11 is 0. The van der Waals surface area contributed by atoms with Crippen LogP contribution in [0.25, 0.3) is 65.5 Å². The second kappa shape index (κ2) is 46.6. The molecule has 0 aliphatic carbocycles. The lowest BCUT2D eigenvalue weighted by Crippen LogP contribution is -2.67. The molecule has 5 unspecified atom stereocenters. The molecule has 17 atom stereocenters. The van der Waals surface area contributed by atoms with Crippen LogP contribution in [0.2, 0.25) is 10.1 Å². The van der Waals surface area contributed by atoms with Crippen molar-refractivity contribution < 1.29 is 65.8 Å². The SMILES string of the molecule is CC[C@H]1O[C@@H](n2cnc3c(OC(=O)N(c4ccccc4)c4ccccc4)nc(C)nc32)C(OC(C)=O)[C@H]1N=[N+]=[N-].COC1[C@@H](C)[C@@H](COC(C)N(C(C)C)C(C)C)O[C@H]1n1cnc2c(=O)[nH]c(C)nc21.COC1[C@@H](C)[C@@H](CO[Si](c2ccccc2)(c2ccccc2)C(C)(C)C)O[C@H]1n1cnc2c(=O)[nH]c(C)nc21.COC1[C@@H](N=[N+]=[N-])[C@@H](CO[Si](c2ccccc2)(c2ccccc2)C(C)(C)C)O[C@H]1n1cnc2c(=O)[nH]c(N)nc21. The highest BCUT2D eigenvalue weighted by Crippen LogP contribution is 2.46. The molecule has 18 rings (SSSR count). The number of ether oxygens (including phenoxy) is 10. The molecular weight excluding hydrogens is 1930 g/mol. The lowest BCUT2D eigenvalue weighted by atomic mass is 10.0. The summed E-state index contributed by atoms with van der Waals surface area (Å²) in [5.41, 5.74) is 27.0. The quantitative estimate of drug-likeness (QED) is 0.00811. The molecule has 6 aromatic carbocycles. The molecule has 0 spiro atoms. The number of nitrogens with two attached hydrogens (primary N) is 1. The summed E-state index contributed by atoms with van der Waals surface area (Å²) in [6, 6.07) is 59.1. The first kappa shape index (κ1) is 108. The van der Waals surface area contributed by atoms with Crippen LogP contribution < -0.4 is 52.8 Å². The van der Waals surface area contributed by atoms with Crippen molar-refractivity contribution in [3.8, 4) is 5.88 Å². The Morgan fingerprint density at radius 3 is 1.20 bits per heavy atom. The number of anilines is 3. The fraction of sp³-hybridized carbons (Fsp3) is 0.442. The average Bonchev–Trinajstić information content (AvgIpc) is 1.35. The lowest BCUT2D eigenvalue weighted by molar-refractivity contribution is -0.152. The van der Waals surface area contributed by atoms with Crippen LogP contribution in [-0.4, -0.2) is 232 Å². The molecule has 0 radical (unpaired) electrons. The summed E-state index contributed by atoms with van der Waals surface area (Å²) in [5, 5.41) is 12.2. The summed E-state index contributed by atoms with van der Waals surface area (Å²) < 4.78 is 81.7. The number of hydrogen-bond acceptors (Lipinski definition) is 30. The zero-order valence-corrected chi connectivity index (χ0v) is 88.8. The molecule has 4 aliphatic heterocycles. The van der Waals surface area contributed by atoms with E-state index in [-0.39, 0.29) is 104 Å².